The number of benzene rings is 2. The van der Waals surface area contributed by atoms with E-state index in [9.17, 15) is 18.8 Å². The van der Waals surface area contributed by atoms with Gasteiger partial charge in [0.25, 0.3) is 0 Å². The molecule has 0 unspecified atom stereocenters. The summed E-state index contributed by atoms with van der Waals surface area (Å²) in [7, 11) is 2.88. The molecule has 4 heterocycles. The third-order valence-corrected chi connectivity index (χ3v) is 9.98. The van der Waals surface area contributed by atoms with E-state index in [1.807, 2.05) is 34.5 Å². The second-order valence-corrected chi connectivity index (χ2v) is 12.8. The Balaban J connectivity index is 1.31. The van der Waals surface area contributed by atoms with Gasteiger partial charge in [-0.15, -0.1) is 11.3 Å². The summed E-state index contributed by atoms with van der Waals surface area (Å²) in [6, 6.07) is 10.2. The minimum Gasteiger partial charge on any atom is -0.481 e. The minimum atomic E-state index is -0.972. The van der Waals surface area contributed by atoms with Crippen molar-refractivity contribution in [1.29, 1.82) is 0 Å². The lowest BCUT2D eigenvalue weighted by Crippen LogP contribution is -2.61. The van der Waals surface area contributed by atoms with Crippen LogP contribution in [0.2, 0.25) is 5.02 Å². The Hall–Kier alpha value is -4.37. The molecule has 2 N–H and O–H groups in total. The summed E-state index contributed by atoms with van der Waals surface area (Å²) in [5.74, 6) is -1.72. The van der Waals surface area contributed by atoms with Crippen molar-refractivity contribution in [1.82, 2.24) is 20.1 Å². The number of methoxy groups -OCH3 is 2. The van der Waals surface area contributed by atoms with Gasteiger partial charge in [0.05, 0.1) is 36.4 Å². The second-order valence-electron chi connectivity index (χ2n) is 11.6. The normalized spacial score (nSPS) is 21.2. The quantitative estimate of drug-likeness (QED) is 0.284. The van der Waals surface area contributed by atoms with Gasteiger partial charge in [-0.25, -0.2) is 19.0 Å². The fourth-order valence-electron chi connectivity index (χ4n) is 6.47. The van der Waals surface area contributed by atoms with Crippen LogP contribution in [0, 0.1) is 5.82 Å². The number of halogens is 2. The number of carboxylic acids is 1. The van der Waals surface area contributed by atoms with Crippen LogP contribution in [0.1, 0.15) is 28.6 Å². The molecule has 6 rings (SSSR count). The molecular formula is C33H34ClFN6O6S. The lowest BCUT2D eigenvalue weighted by molar-refractivity contribution is -0.137. The van der Waals surface area contributed by atoms with E-state index in [0.717, 1.165) is 11.3 Å². The van der Waals surface area contributed by atoms with Gasteiger partial charge in [0.1, 0.15) is 11.9 Å². The molecule has 0 saturated carbocycles. The van der Waals surface area contributed by atoms with E-state index >= 15 is 0 Å². The van der Waals surface area contributed by atoms with Crippen molar-refractivity contribution in [3.63, 3.8) is 0 Å². The zero-order valence-corrected chi connectivity index (χ0v) is 27.8. The first kappa shape index (κ1) is 33.5. The fraction of sp³-hybridized carbons (Fsp3) is 0.364. The third kappa shape index (κ3) is 6.65. The SMILES string of the molecule is COC[C@@H]1[C@H]2CN(c3ccc(CCC(=O)O)cc3)C(=O)N2CCN1CC1=C(C(=O)OC)[C@H](c2cccc(F)c2Cl)N=C(c2nccs2)N1. The largest absolute Gasteiger partial charge is 0.481 e. The number of hydrogen-bond acceptors (Lipinski definition) is 10. The molecule has 2 fully saturated rings. The number of esters is 1. The van der Waals surface area contributed by atoms with E-state index in [0.29, 0.717) is 54.8 Å². The zero-order valence-electron chi connectivity index (χ0n) is 26.3. The molecule has 0 spiro atoms. The number of aryl methyl sites for hydroxylation is 1. The molecule has 3 aliphatic heterocycles. The molecule has 3 aliphatic rings. The summed E-state index contributed by atoms with van der Waals surface area (Å²) in [6.07, 6.45) is 2.08. The van der Waals surface area contributed by atoms with E-state index in [2.05, 4.69) is 15.2 Å². The summed E-state index contributed by atoms with van der Waals surface area (Å²) in [4.78, 5) is 53.0. The first-order valence-corrected chi connectivity index (χ1v) is 16.6. The number of hydrogen-bond donors (Lipinski definition) is 2. The maximum Gasteiger partial charge on any atom is 0.338 e. The predicted octanol–water partition coefficient (Wildman–Crippen LogP) is 4.11. The van der Waals surface area contributed by atoms with Crippen LogP contribution < -0.4 is 10.2 Å². The number of urea groups is 1. The Morgan fingerprint density at radius 2 is 1.96 bits per heavy atom. The number of carboxylic acid groups (broad SMARTS) is 1. The van der Waals surface area contributed by atoms with Crippen LogP contribution in [0.4, 0.5) is 14.9 Å². The molecule has 0 bridgehead atoms. The van der Waals surface area contributed by atoms with E-state index in [1.54, 1.807) is 24.3 Å². The highest BCUT2D eigenvalue weighted by atomic mass is 35.5. The standard InChI is InChI=1S/C33H34ClFN6O6S/c1-46-18-25-24-17-41(20-9-6-19(7-10-20)8-11-26(42)43)33(45)40(24)14-13-39(25)16-23-27(32(44)47-2)29(21-4-3-5-22(35)28(21)34)38-30(37-23)31-36-12-15-48-31/h3-7,9-10,12,15,24-25,29H,8,11,13-14,16-18H2,1-2H3,(H,37,38)(H,42,43)/t24-,25-,29+/m1/s1. The number of aliphatic carboxylic acids is 1. The van der Waals surface area contributed by atoms with Gasteiger partial charge < -0.3 is 24.8 Å². The number of carbonyl (C=O) groups excluding carboxylic acids is 2. The van der Waals surface area contributed by atoms with Crippen molar-refractivity contribution in [2.75, 3.05) is 51.9 Å². The van der Waals surface area contributed by atoms with Gasteiger partial charge in [0, 0.05) is 68.2 Å². The molecule has 1 aromatic heterocycles. The van der Waals surface area contributed by atoms with Crippen LogP contribution in [-0.4, -0.2) is 103 Å². The average molecular weight is 697 g/mol. The van der Waals surface area contributed by atoms with Crippen LogP contribution in [0.15, 0.2) is 70.3 Å². The number of piperazine rings is 1. The van der Waals surface area contributed by atoms with Crippen LogP contribution in [0.3, 0.4) is 0 Å². The van der Waals surface area contributed by atoms with E-state index in [-0.39, 0.29) is 41.7 Å². The average Bonchev–Trinajstić information content (AvgIpc) is 3.74. The Bertz CT molecular complexity index is 1750. The number of anilines is 1. The van der Waals surface area contributed by atoms with E-state index in [4.69, 9.17) is 31.2 Å². The number of nitrogens with zero attached hydrogens (tertiary/aromatic N) is 5. The molecule has 3 aromatic rings. The number of aliphatic imine (C=N–C) groups is 1. The van der Waals surface area contributed by atoms with Crippen molar-refractivity contribution in [2.24, 2.45) is 4.99 Å². The molecule has 15 heteroatoms. The summed E-state index contributed by atoms with van der Waals surface area (Å²) in [5.41, 5.74) is 2.60. The first-order chi connectivity index (χ1) is 23.2. The maximum atomic E-state index is 14.7. The Kier molecular flexibility index (Phi) is 10.1. The Labute approximate surface area is 285 Å². The summed E-state index contributed by atoms with van der Waals surface area (Å²) in [6.45, 7) is 1.87. The number of aromatic nitrogens is 1. The topological polar surface area (TPSA) is 137 Å². The molecule has 48 heavy (non-hydrogen) atoms. The molecule has 2 saturated heterocycles. The fourth-order valence-corrected chi connectivity index (χ4v) is 7.29. The minimum absolute atomic E-state index is 0.0303. The first-order valence-electron chi connectivity index (χ1n) is 15.3. The highest BCUT2D eigenvalue weighted by Gasteiger charge is 2.47. The number of amides is 2. The van der Waals surface area contributed by atoms with Crippen LogP contribution >= 0.6 is 22.9 Å². The number of carbonyl (C=O) groups is 3. The van der Waals surface area contributed by atoms with Gasteiger partial charge in [0.15, 0.2) is 10.8 Å². The summed E-state index contributed by atoms with van der Waals surface area (Å²) < 4.78 is 25.6. The number of amidine groups is 1. The number of fused-ring (bicyclic) bond motifs is 1. The van der Waals surface area contributed by atoms with E-state index < -0.39 is 23.8 Å². The third-order valence-electron chi connectivity index (χ3n) is 8.80. The van der Waals surface area contributed by atoms with Gasteiger partial charge in [-0.05, 0) is 30.2 Å². The van der Waals surface area contributed by atoms with Crippen molar-refractivity contribution in [3.8, 4) is 0 Å². The summed E-state index contributed by atoms with van der Waals surface area (Å²) >= 11 is 7.81. The summed E-state index contributed by atoms with van der Waals surface area (Å²) in [5, 5.41) is 14.6. The number of thiazole rings is 1. The van der Waals surface area contributed by atoms with Crippen LogP contribution in [-0.2, 0) is 25.5 Å². The lowest BCUT2D eigenvalue weighted by atomic mass is 9.94. The number of rotatable bonds is 11. The van der Waals surface area contributed by atoms with Gasteiger partial charge in [-0.2, -0.15) is 0 Å². The van der Waals surface area contributed by atoms with Crippen LogP contribution in [0.5, 0.6) is 0 Å². The predicted molar refractivity (Wildman–Crippen MR) is 178 cm³/mol. The van der Waals surface area contributed by atoms with E-state index in [1.165, 1.54) is 30.6 Å². The second kappa shape index (κ2) is 14.4. The highest BCUT2D eigenvalue weighted by Crippen LogP contribution is 2.38. The molecule has 12 nitrogen and oxygen atoms in total. The molecule has 2 aromatic carbocycles. The van der Waals surface area contributed by atoms with Gasteiger partial charge >= 0.3 is 18.0 Å². The lowest BCUT2D eigenvalue weighted by Gasteiger charge is -2.44. The molecule has 0 radical (unpaired) electrons. The van der Waals surface area contributed by atoms with Crippen molar-refractivity contribution < 1.29 is 33.4 Å². The van der Waals surface area contributed by atoms with Crippen molar-refractivity contribution >= 4 is 52.4 Å². The van der Waals surface area contributed by atoms with Gasteiger partial charge in [-0.1, -0.05) is 35.9 Å². The smallest absolute Gasteiger partial charge is 0.338 e. The van der Waals surface area contributed by atoms with Crippen molar-refractivity contribution in [2.45, 2.75) is 31.0 Å². The monoisotopic (exact) mass is 696 g/mol. The zero-order chi connectivity index (χ0) is 33.9. The Morgan fingerprint density at radius 3 is 2.65 bits per heavy atom. The Morgan fingerprint density at radius 1 is 1.17 bits per heavy atom. The van der Waals surface area contributed by atoms with Gasteiger partial charge in [0.2, 0.25) is 0 Å². The van der Waals surface area contributed by atoms with Crippen LogP contribution in [0.25, 0.3) is 0 Å². The number of ether oxygens (including phenoxy) is 2. The molecule has 2 amide bonds. The van der Waals surface area contributed by atoms with Gasteiger partial charge in [-0.3, -0.25) is 19.6 Å². The molecule has 0 aliphatic carbocycles. The number of nitrogens with one attached hydrogen (secondary N) is 1. The highest BCUT2D eigenvalue weighted by molar-refractivity contribution is 7.11. The molecule has 252 valence electrons. The molecule has 3 atom stereocenters. The molecular weight excluding hydrogens is 663 g/mol. The van der Waals surface area contributed by atoms with Crippen molar-refractivity contribution in [3.05, 3.63) is 92.3 Å². The maximum absolute atomic E-state index is 14.7.